The summed E-state index contributed by atoms with van der Waals surface area (Å²) in [4.78, 5) is 11.3. The fourth-order valence-electron chi connectivity index (χ4n) is 4.49. The molecule has 4 atom stereocenters. The minimum absolute atomic E-state index is 0.218. The summed E-state index contributed by atoms with van der Waals surface area (Å²) in [5.41, 5.74) is 9.70. The lowest BCUT2D eigenvalue weighted by atomic mass is 9.91. The van der Waals surface area contributed by atoms with Crippen molar-refractivity contribution in [2.24, 2.45) is 21.6 Å². The van der Waals surface area contributed by atoms with Crippen LogP contribution in [-0.4, -0.2) is 47.0 Å². The molecule has 0 aliphatic carbocycles. The van der Waals surface area contributed by atoms with Gasteiger partial charge >= 0.3 is 0 Å². The Kier molecular flexibility index (Phi) is 7.87. The van der Waals surface area contributed by atoms with Gasteiger partial charge in [-0.1, -0.05) is 23.7 Å². The lowest BCUT2D eigenvalue weighted by molar-refractivity contribution is 0.378. The Balaban J connectivity index is 1.85. The molecule has 1 aromatic carbocycles. The van der Waals surface area contributed by atoms with Gasteiger partial charge in [-0.25, -0.2) is 8.78 Å². The summed E-state index contributed by atoms with van der Waals surface area (Å²) in [7, 11) is 0. The number of alkyl halides is 1. The molecule has 3 aliphatic heterocycles. The van der Waals surface area contributed by atoms with Crippen LogP contribution < -0.4 is 5.73 Å². The first-order valence-corrected chi connectivity index (χ1v) is 13.6. The first-order chi connectivity index (χ1) is 15.9. The van der Waals surface area contributed by atoms with Crippen molar-refractivity contribution in [3.8, 4) is 0 Å². The molecule has 1 saturated heterocycles. The number of amidine groups is 1. The monoisotopic (exact) mass is 508 g/mol. The van der Waals surface area contributed by atoms with Crippen molar-refractivity contribution in [3.63, 3.8) is 0 Å². The first-order valence-electron chi connectivity index (χ1n) is 10.8. The third kappa shape index (κ3) is 5.33. The largest absolute Gasteiger partial charge is 0.398 e. The van der Waals surface area contributed by atoms with Crippen LogP contribution >= 0.6 is 35.1 Å². The van der Waals surface area contributed by atoms with E-state index in [-0.39, 0.29) is 5.25 Å². The number of aliphatic imine (C=N–C) groups is 2. The standard InChI is InChI=1S/C24H27ClF2N4S2/c1-14(26)29-8-7-19(28)22-20-10-15(13-32-2)12-31(20)24(21-4-3-9-33-21)30-23(22)17-6-5-16(27)11-18(17)25/h3,5-9,11,14-15,21,23H,4,10,12-13,28H2,1-2H3/t14?,15-,21?,23-/m0/s1. The van der Waals surface area contributed by atoms with Gasteiger partial charge in [-0.2, -0.15) is 11.8 Å². The predicted molar refractivity (Wildman–Crippen MR) is 138 cm³/mol. The van der Waals surface area contributed by atoms with Gasteiger partial charge in [0.15, 0.2) is 6.30 Å². The van der Waals surface area contributed by atoms with Crippen molar-refractivity contribution >= 4 is 47.2 Å². The fraction of sp³-hybridized carbons (Fsp3) is 0.417. The molecular formula is C24H27ClF2N4S2. The number of allylic oxidation sites excluding steroid dienone is 3. The highest BCUT2D eigenvalue weighted by atomic mass is 35.5. The highest BCUT2D eigenvalue weighted by Gasteiger charge is 2.41. The van der Waals surface area contributed by atoms with Crippen LogP contribution in [0.4, 0.5) is 8.78 Å². The zero-order valence-corrected chi connectivity index (χ0v) is 20.9. The van der Waals surface area contributed by atoms with Gasteiger partial charge in [0, 0.05) is 40.3 Å². The highest BCUT2D eigenvalue weighted by molar-refractivity contribution is 8.03. The van der Waals surface area contributed by atoms with E-state index in [9.17, 15) is 8.78 Å². The quantitative estimate of drug-likeness (QED) is 0.356. The fourth-order valence-corrected chi connectivity index (χ4v) is 6.40. The molecule has 4 nitrogen and oxygen atoms in total. The van der Waals surface area contributed by atoms with Crippen molar-refractivity contribution in [2.45, 2.75) is 37.4 Å². The number of benzene rings is 1. The maximum absolute atomic E-state index is 13.8. The molecule has 1 aromatic rings. The van der Waals surface area contributed by atoms with Gasteiger partial charge in [0.25, 0.3) is 0 Å². The Morgan fingerprint density at radius 3 is 2.97 bits per heavy atom. The van der Waals surface area contributed by atoms with Crippen LogP contribution in [0.2, 0.25) is 5.02 Å². The second-order valence-electron chi connectivity index (χ2n) is 8.28. The first kappa shape index (κ1) is 24.4. The third-order valence-electron chi connectivity index (χ3n) is 5.86. The van der Waals surface area contributed by atoms with Gasteiger partial charge in [-0.15, -0.1) is 11.8 Å². The molecule has 0 saturated carbocycles. The molecule has 3 heterocycles. The number of hydrogen-bond acceptors (Lipinski definition) is 6. The van der Waals surface area contributed by atoms with E-state index in [0.717, 1.165) is 42.2 Å². The van der Waals surface area contributed by atoms with E-state index < -0.39 is 18.2 Å². The zero-order valence-electron chi connectivity index (χ0n) is 18.5. The van der Waals surface area contributed by atoms with Gasteiger partial charge < -0.3 is 10.6 Å². The SMILES string of the molecule is CSC[C@H]1CC2=C(C(N)=CC=NC(C)F)[C@H](c3ccc(F)cc3Cl)N=C(C3CC=CS3)N2C1. The smallest absolute Gasteiger partial charge is 0.187 e. The summed E-state index contributed by atoms with van der Waals surface area (Å²) in [5.74, 6) is 2.10. The van der Waals surface area contributed by atoms with Crippen LogP contribution in [0.5, 0.6) is 0 Å². The molecule has 0 spiro atoms. The van der Waals surface area contributed by atoms with Crippen LogP contribution in [0.3, 0.4) is 0 Å². The Hall–Kier alpha value is -1.77. The molecule has 2 N–H and O–H groups in total. The molecule has 2 unspecified atom stereocenters. The van der Waals surface area contributed by atoms with E-state index in [1.807, 2.05) is 11.8 Å². The molecular weight excluding hydrogens is 482 g/mol. The van der Waals surface area contributed by atoms with Crippen molar-refractivity contribution in [1.82, 2.24) is 4.90 Å². The Bertz CT molecular complexity index is 1040. The zero-order chi connectivity index (χ0) is 23.5. The van der Waals surface area contributed by atoms with E-state index >= 15 is 0 Å². The number of thioether (sulfide) groups is 2. The van der Waals surface area contributed by atoms with Crippen molar-refractivity contribution in [2.75, 3.05) is 18.6 Å². The van der Waals surface area contributed by atoms with E-state index in [1.165, 1.54) is 25.3 Å². The number of nitrogens with two attached hydrogens (primary N) is 1. The number of fused-ring (bicyclic) bond motifs is 1. The highest BCUT2D eigenvalue weighted by Crippen LogP contribution is 2.46. The predicted octanol–water partition coefficient (Wildman–Crippen LogP) is 6.12. The third-order valence-corrected chi connectivity index (χ3v) is 8.08. The lowest BCUT2D eigenvalue weighted by Gasteiger charge is -2.36. The summed E-state index contributed by atoms with van der Waals surface area (Å²) < 4.78 is 27.1. The topological polar surface area (TPSA) is 54.0 Å². The molecule has 9 heteroatoms. The molecule has 0 bridgehead atoms. The van der Waals surface area contributed by atoms with Crippen LogP contribution in [0.25, 0.3) is 0 Å². The van der Waals surface area contributed by atoms with Crippen LogP contribution in [0, 0.1) is 11.7 Å². The van der Waals surface area contributed by atoms with E-state index in [0.29, 0.717) is 22.2 Å². The van der Waals surface area contributed by atoms with Crippen LogP contribution in [0.1, 0.15) is 31.4 Å². The van der Waals surface area contributed by atoms with E-state index in [1.54, 1.807) is 23.9 Å². The van der Waals surface area contributed by atoms with Gasteiger partial charge in [0.05, 0.1) is 5.25 Å². The molecule has 1 fully saturated rings. The number of halogens is 3. The average Bonchev–Trinajstić information content (AvgIpc) is 3.42. The summed E-state index contributed by atoms with van der Waals surface area (Å²) in [6.45, 7) is 2.24. The number of nitrogens with zero attached hydrogens (tertiary/aromatic N) is 3. The maximum Gasteiger partial charge on any atom is 0.187 e. The van der Waals surface area contributed by atoms with Crippen molar-refractivity contribution < 1.29 is 8.78 Å². The summed E-state index contributed by atoms with van der Waals surface area (Å²) in [5, 5.41) is 2.64. The minimum Gasteiger partial charge on any atom is -0.398 e. The van der Waals surface area contributed by atoms with E-state index in [4.69, 9.17) is 22.3 Å². The Morgan fingerprint density at radius 1 is 1.48 bits per heavy atom. The summed E-state index contributed by atoms with van der Waals surface area (Å²) in [6.07, 6.45) is 7.75. The maximum atomic E-state index is 13.8. The normalized spacial score (nSPS) is 26.3. The van der Waals surface area contributed by atoms with Crippen molar-refractivity contribution in [3.05, 3.63) is 69.1 Å². The van der Waals surface area contributed by atoms with Gasteiger partial charge in [-0.05, 0) is 61.3 Å². The molecule has 33 heavy (non-hydrogen) atoms. The molecule has 176 valence electrons. The Labute approximate surface area is 207 Å². The minimum atomic E-state index is -1.31. The number of hydrogen-bond donors (Lipinski definition) is 1. The van der Waals surface area contributed by atoms with Crippen LogP contribution in [-0.2, 0) is 0 Å². The Morgan fingerprint density at radius 2 is 2.30 bits per heavy atom. The molecule has 0 amide bonds. The molecule has 0 aromatic heterocycles. The van der Waals surface area contributed by atoms with Crippen molar-refractivity contribution in [1.29, 1.82) is 0 Å². The lowest BCUT2D eigenvalue weighted by Crippen LogP contribution is -2.39. The second kappa shape index (κ2) is 10.7. The molecule has 4 rings (SSSR count). The molecule has 0 radical (unpaired) electrons. The average molecular weight is 509 g/mol. The summed E-state index contributed by atoms with van der Waals surface area (Å²) in [6, 6.07) is 3.91. The van der Waals surface area contributed by atoms with Gasteiger partial charge in [0.2, 0.25) is 0 Å². The summed E-state index contributed by atoms with van der Waals surface area (Å²) >= 11 is 10.1. The second-order valence-corrected chi connectivity index (χ2v) is 10.7. The van der Waals surface area contributed by atoms with Gasteiger partial charge in [-0.3, -0.25) is 9.98 Å². The number of rotatable bonds is 7. The van der Waals surface area contributed by atoms with Crippen LogP contribution in [0.15, 0.2) is 62.7 Å². The van der Waals surface area contributed by atoms with Gasteiger partial charge in [0.1, 0.15) is 17.7 Å². The van der Waals surface area contributed by atoms with E-state index in [2.05, 4.69) is 27.6 Å². The molecule has 3 aliphatic rings.